The van der Waals surface area contributed by atoms with Crippen LogP contribution in [0.4, 0.5) is 5.69 Å². The van der Waals surface area contributed by atoms with Gasteiger partial charge in [0.25, 0.3) is 0 Å². The summed E-state index contributed by atoms with van der Waals surface area (Å²) in [6.07, 6.45) is 0. The highest BCUT2D eigenvalue weighted by molar-refractivity contribution is 5.53. The Bertz CT molecular complexity index is 579. The van der Waals surface area contributed by atoms with Gasteiger partial charge >= 0.3 is 0 Å². The minimum atomic E-state index is 0.165. The first kappa shape index (κ1) is 13.3. The number of phenolic OH excluding ortho intramolecular Hbond substituents is 1. The number of rotatable bonds is 4. The molecule has 3 nitrogen and oxygen atoms in total. The van der Waals surface area contributed by atoms with Crippen LogP contribution in [0.15, 0.2) is 36.4 Å². The first-order chi connectivity index (χ1) is 9.10. The predicted molar refractivity (Wildman–Crippen MR) is 77.9 cm³/mol. The molecule has 0 spiro atoms. The Morgan fingerprint density at radius 3 is 2.63 bits per heavy atom. The van der Waals surface area contributed by atoms with Crippen molar-refractivity contribution in [3.05, 3.63) is 53.1 Å². The van der Waals surface area contributed by atoms with E-state index in [9.17, 15) is 5.11 Å². The van der Waals surface area contributed by atoms with Crippen molar-refractivity contribution < 1.29 is 9.84 Å². The number of nitrogens with one attached hydrogen (secondary N) is 1. The molecule has 0 aliphatic carbocycles. The fourth-order valence-corrected chi connectivity index (χ4v) is 1.96. The van der Waals surface area contributed by atoms with Gasteiger partial charge in [-0.3, -0.25) is 0 Å². The highest BCUT2D eigenvalue weighted by Gasteiger charge is 2.03. The molecular formula is C16H19NO2. The quantitative estimate of drug-likeness (QED) is 0.878. The lowest BCUT2D eigenvalue weighted by Gasteiger charge is -2.11. The highest BCUT2D eigenvalue weighted by atomic mass is 16.5. The van der Waals surface area contributed by atoms with Crippen LogP contribution in [0, 0.1) is 13.8 Å². The van der Waals surface area contributed by atoms with Crippen LogP contribution in [0.25, 0.3) is 0 Å². The number of aryl methyl sites for hydroxylation is 2. The van der Waals surface area contributed by atoms with Crippen LogP contribution in [-0.2, 0) is 6.54 Å². The van der Waals surface area contributed by atoms with Gasteiger partial charge in [0.1, 0.15) is 0 Å². The van der Waals surface area contributed by atoms with E-state index in [1.807, 2.05) is 12.1 Å². The minimum absolute atomic E-state index is 0.165. The molecule has 0 saturated heterocycles. The number of hydrogen-bond acceptors (Lipinski definition) is 3. The molecule has 0 radical (unpaired) electrons. The molecule has 2 N–H and O–H groups in total. The fourth-order valence-electron chi connectivity index (χ4n) is 1.96. The van der Waals surface area contributed by atoms with E-state index < -0.39 is 0 Å². The second-order valence-electron chi connectivity index (χ2n) is 4.68. The van der Waals surface area contributed by atoms with Gasteiger partial charge in [-0.2, -0.15) is 0 Å². The summed E-state index contributed by atoms with van der Waals surface area (Å²) >= 11 is 0. The second-order valence-corrected chi connectivity index (χ2v) is 4.68. The van der Waals surface area contributed by atoms with Crippen LogP contribution in [0.5, 0.6) is 11.5 Å². The van der Waals surface area contributed by atoms with Gasteiger partial charge < -0.3 is 15.2 Å². The van der Waals surface area contributed by atoms with Crippen LogP contribution >= 0.6 is 0 Å². The second kappa shape index (κ2) is 5.65. The van der Waals surface area contributed by atoms with Crippen LogP contribution in [0.1, 0.15) is 16.7 Å². The molecule has 0 aliphatic rings. The molecule has 100 valence electrons. The van der Waals surface area contributed by atoms with Crippen LogP contribution in [0.2, 0.25) is 0 Å². The monoisotopic (exact) mass is 257 g/mol. The zero-order chi connectivity index (χ0) is 13.8. The van der Waals surface area contributed by atoms with Crippen LogP contribution in [0.3, 0.4) is 0 Å². The molecule has 2 rings (SSSR count). The average molecular weight is 257 g/mol. The number of benzene rings is 2. The van der Waals surface area contributed by atoms with Gasteiger partial charge in [-0.15, -0.1) is 0 Å². The van der Waals surface area contributed by atoms with Crippen molar-refractivity contribution in [2.75, 3.05) is 12.4 Å². The first-order valence-electron chi connectivity index (χ1n) is 6.27. The summed E-state index contributed by atoms with van der Waals surface area (Å²) < 4.78 is 5.10. The van der Waals surface area contributed by atoms with E-state index in [4.69, 9.17) is 4.74 Å². The van der Waals surface area contributed by atoms with Gasteiger partial charge in [-0.25, -0.2) is 0 Å². The van der Waals surface area contributed by atoms with Crippen molar-refractivity contribution in [3.63, 3.8) is 0 Å². The third-order valence-corrected chi connectivity index (χ3v) is 3.12. The summed E-state index contributed by atoms with van der Waals surface area (Å²) in [4.78, 5) is 0. The van der Waals surface area contributed by atoms with Gasteiger partial charge in [-0.1, -0.05) is 18.2 Å². The Morgan fingerprint density at radius 2 is 1.89 bits per heavy atom. The molecule has 0 aliphatic heterocycles. The molecule has 0 amide bonds. The highest BCUT2D eigenvalue weighted by Crippen LogP contribution is 2.27. The van der Waals surface area contributed by atoms with E-state index in [1.54, 1.807) is 13.2 Å². The van der Waals surface area contributed by atoms with Crippen molar-refractivity contribution in [2.24, 2.45) is 0 Å². The lowest BCUT2D eigenvalue weighted by molar-refractivity contribution is 0.373. The summed E-state index contributed by atoms with van der Waals surface area (Å²) in [5.74, 6) is 0.665. The lowest BCUT2D eigenvalue weighted by Crippen LogP contribution is -2.01. The van der Waals surface area contributed by atoms with Crippen LogP contribution < -0.4 is 10.1 Å². The summed E-state index contributed by atoms with van der Waals surface area (Å²) in [5.41, 5.74) is 4.65. The van der Waals surface area contributed by atoms with Crippen molar-refractivity contribution in [3.8, 4) is 11.5 Å². The molecule has 0 atom stereocenters. The number of anilines is 1. The molecule has 2 aromatic carbocycles. The molecule has 2 aromatic rings. The average Bonchev–Trinajstić information content (AvgIpc) is 2.41. The maximum atomic E-state index is 9.56. The minimum Gasteiger partial charge on any atom is -0.504 e. The summed E-state index contributed by atoms with van der Waals surface area (Å²) in [5, 5.41) is 13.0. The zero-order valence-corrected chi connectivity index (χ0v) is 11.5. The molecule has 0 fully saturated rings. The van der Waals surface area contributed by atoms with Crippen molar-refractivity contribution in [2.45, 2.75) is 20.4 Å². The Morgan fingerprint density at radius 1 is 1.11 bits per heavy atom. The van der Waals surface area contributed by atoms with Crippen molar-refractivity contribution >= 4 is 5.69 Å². The summed E-state index contributed by atoms with van der Waals surface area (Å²) in [6, 6.07) is 11.7. The van der Waals surface area contributed by atoms with Crippen molar-refractivity contribution in [1.29, 1.82) is 0 Å². The van der Waals surface area contributed by atoms with E-state index in [2.05, 4.69) is 37.4 Å². The molecule has 3 heteroatoms. The maximum Gasteiger partial charge on any atom is 0.160 e. The van der Waals surface area contributed by atoms with Gasteiger partial charge in [0, 0.05) is 12.2 Å². The predicted octanol–water partition coefficient (Wildman–Crippen LogP) is 3.63. The van der Waals surface area contributed by atoms with E-state index >= 15 is 0 Å². The molecule has 0 aromatic heterocycles. The summed E-state index contributed by atoms with van der Waals surface area (Å²) in [7, 11) is 1.55. The molecule has 0 unspecified atom stereocenters. The molecule has 0 bridgehead atoms. The third kappa shape index (κ3) is 3.19. The topological polar surface area (TPSA) is 41.5 Å². The maximum absolute atomic E-state index is 9.56. The number of hydrogen-bond donors (Lipinski definition) is 2. The molecule has 0 heterocycles. The fraction of sp³-hybridized carbons (Fsp3) is 0.250. The summed E-state index contributed by atoms with van der Waals surface area (Å²) in [6.45, 7) is 4.86. The number of ether oxygens (including phenoxy) is 1. The Hall–Kier alpha value is -2.16. The van der Waals surface area contributed by atoms with Gasteiger partial charge in [0.05, 0.1) is 7.11 Å². The van der Waals surface area contributed by atoms with E-state index in [1.165, 1.54) is 11.1 Å². The Labute approximate surface area is 113 Å². The number of aromatic hydroxyl groups is 1. The number of methoxy groups -OCH3 is 1. The first-order valence-corrected chi connectivity index (χ1v) is 6.27. The van der Waals surface area contributed by atoms with Gasteiger partial charge in [-0.05, 0) is 48.7 Å². The normalized spacial score (nSPS) is 10.3. The molecular weight excluding hydrogens is 238 g/mol. The molecule has 19 heavy (non-hydrogen) atoms. The van der Waals surface area contributed by atoms with E-state index in [-0.39, 0.29) is 5.75 Å². The zero-order valence-electron chi connectivity index (χ0n) is 11.5. The SMILES string of the molecule is COc1cc(CNc2cc(C)ccc2C)ccc1O. The third-order valence-electron chi connectivity index (χ3n) is 3.12. The van der Waals surface area contributed by atoms with Gasteiger partial charge in [0.2, 0.25) is 0 Å². The van der Waals surface area contributed by atoms with Gasteiger partial charge in [0.15, 0.2) is 11.5 Å². The van der Waals surface area contributed by atoms with E-state index in [0.29, 0.717) is 12.3 Å². The van der Waals surface area contributed by atoms with Crippen LogP contribution in [-0.4, -0.2) is 12.2 Å². The smallest absolute Gasteiger partial charge is 0.160 e. The Kier molecular flexibility index (Phi) is 3.95. The molecule has 0 saturated carbocycles. The van der Waals surface area contributed by atoms with Crippen molar-refractivity contribution in [1.82, 2.24) is 0 Å². The Balaban J connectivity index is 2.12. The number of phenols is 1. The lowest BCUT2D eigenvalue weighted by atomic mass is 10.1. The largest absolute Gasteiger partial charge is 0.504 e. The van der Waals surface area contributed by atoms with E-state index in [0.717, 1.165) is 11.3 Å². The standard InChI is InChI=1S/C16H19NO2/c1-11-4-5-12(2)14(8-11)17-10-13-6-7-15(18)16(9-13)19-3/h4-9,17-18H,10H2,1-3H3.